The van der Waals surface area contributed by atoms with Gasteiger partial charge < -0.3 is 10.2 Å². The van der Waals surface area contributed by atoms with Gasteiger partial charge in [-0.1, -0.05) is 13.0 Å². The molecule has 3 rings (SSSR count). The van der Waals surface area contributed by atoms with E-state index in [9.17, 15) is 4.79 Å². The molecule has 4 nitrogen and oxygen atoms in total. The molecule has 0 aromatic carbocycles. The first-order valence-corrected chi connectivity index (χ1v) is 7.66. The van der Waals surface area contributed by atoms with Crippen molar-refractivity contribution in [1.29, 1.82) is 0 Å². The molecule has 2 aliphatic rings. The summed E-state index contributed by atoms with van der Waals surface area (Å²) in [4.78, 5) is 18.5. The van der Waals surface area contributed by atoms with Gasteiger partial charge in [0, 0.05) is 37.8 Å². The first-order chi connectivity index (χ1) is 9.74. The van der Waals surface area contributed by atoms with Gasteiger partial charge >= 0.3 is 0 Å². The van der Waals surface area contributed by atoms with E-state index in [1.54, 1.807) is 0 Å². The van der Waals surface area contributed by atoms with E-state index in [1.165, 1.54) is 0 Å². The number of nitrogens with zero attached hydrogens (tertiary/aromatic N) is 2. The molecule has 1 aliphatic heterocycles. The minimum absolute atomic E-state index is 0.347. The maximum absolute atomic E-state index is 12.1. The predicted octanol–water partition coefficient (Wildman–Crippen LogP) is 1.82. The number of hydrogen-bond donors (Lipinski definition) is 1. The van der Waals surface area contributed by atoms with Gasteiger partial charge in [-0.2, -0.15) is 0 Å². The van der Waals surface area contributed by atoms with Crippen molar-refractivity contribution < 1.29 is 4.79 Å². The molecule has 2 heterocycles. The number of pyridine rings is 1. The fourth-order valence-corrected chi connectivity index (χ4v) is 2.98. The zero-order valence-electron chi connectivity index (χ0n) is 12.1. The largest absolute Gasteiger partial charge is 0.342 e. The third kappa shape index (κ3) is 3.18. The fraction of sp³-hybridized carbons (Fsp3) is 0.625. The number of carbonyl (C=O) groups is 1. The Hall–Kier alpha value is -1.42. The lowest BCUT2D eigenvalue weighted by Gasteiger charge is -2.37. The number of amides is 1. The van der Waals surface area contributed by atoms with Crippen LogP contribution in [0.3, 0.4) is 0 Å². The van der Waals surface area contributed by atoms with E-state index in [0.717, 1.165) is 44.6 Å². The molecule has 1 saturated heterocycles. The van der Waals surface area contributed by atoms with E-state index in [1.807, 2.05) is 24.4 Å². The van der Waals surface area contributed by atoms with Crippen molar-refractivity contribution in [3.8, 4) is 0 Å². The molecule has 0 bridgehead atoms. The lowest BCUT2D eigenvalue weighted by Crippen LogP contribution is -2.50. The molecule has 1 amide bonds. The normalized spacial score (nSPS) is 26.6. The number of rotatable bonds is 4. The second-order valence-electron chi connectivity index (χ2n) is 6.13. The molecule has 0 spiro atoms. The predicted molar refractivity (Wildman–Crippen MR) is 77.9 cm³/mol. The number of likely N-dealkylation sites (tertiary alicyclic amines) is 1. The summed E-state index contributed by atoms with van der Waals surface area (Å²) in [6, 6.07) is 6.49. The highest BCUT2D eigenvalue weighted by Crippen LogP contribution is 2.32. The summed E-state index contributed by atoms with van der Waals surface area (Å²) < 4.78 is 0. The summed E-state index contributed by atoms with van der Waals surface area (Å²) in [5.41, 5.74) is 1.08. The molecule has 1 aromatic heterocycles. The first-order valence-electron chi connectivity index (χ1n) is 7.66. The Morgan fingerprint density at radius 2 is 2.25 bits per heavy atom. The molecule has 4 heteroatoms. The summed E-state index contributed by atoms with van der Waals surface area (Å²) in [7, 11) is 0. The molecule has 2 fully saturated rings. The van der Waals surface area contributed by atoms with Gasteiger partial charge in [0.15, 0.2) is 0 Å². The highest BCUT2D eigenvalue weighted by molar-refractivity contribution is 5.81. The lowest BCUT2D eigenvalue weighted by molar-refractivity contribution is -0.134. The Kier molecular flexibility index (Phi) is 4.01. The van der Waals surface area contributed by atoms with E-state index in [0.29, 0.717) is 23.8 Å². The monoisotopic (exact) mass is 273 g/mol. The molecule has 2 atom stereocenters. The zero-order valence-corrected chi connectivity index (χ0v) is 12.1. The SMILES string of the molecule is CC1CN(C(=O)C2CC2)CCC1NCc1ccccn1. The van der Waals surface area contributed by atoms with Crippen LogP contribution in [0, 0.1) is 11.8 Å². The number of aromatic nitrogens is 1. The maximum atomic E-state index is 12.1. The summed E-state index contributed by atoms with van der Waals surface area (Å²) in [6.45, 7) is 4.85. The van der Waals surface area contributed by atoms with Crippen molar-refractivity contribution in [3.05, 3.63) is 30.1 Å². The topological polar surface area (TPSA) is 45.2 Å². The van der Waals surface area contributed by atoms with Crippen LogP contribution in [0.25, 0.3) is 0 Å². The summed E-state index contributed by atoms with van der Waals surface area (Å²) >= 11 is 0. The smallest absolute Gasteiger partial charge is 0.225 e. The van der Waals surface area contributed by atoms with Crippen LogP contribution in [0.4, 0.5) is 0 Å². The van der Waals surface area contributed by atoms with Crippen molar-refractivity contribution in [2.24, 2.45) is 11.8 Å². The van der Waals surface area contributed by atoms with Crippen LogP contribution in [0.5, 0.6) is 0 Å². The number of hydrogen-bond acceptors (Lipinski definition) is 3. The Balaban J connectivity index is 1.48. The van der Waals surface area contributed by atoms with Gasteiger partial charge in [0.25, 0.3) is 0 Å². The zero-order chi connectivity index (χ0) is 13.9. The minimum atomic E-state index is 0.347. The van der Waals surface area contributed by atoms with Gasteiger partial charge in [0.1, 0.15) is 0 Å². The molecular formula is C16H23N3O. The van der Waals surface area contributed by atoms with Crippen LogP contribution in [0.1, 0.15) is 31.9 Å². The van der Waals surface area contributed by atoms with Crippen molar-refractivity contribution in [2.75, 3.05) is 13.1 Å². The van der Waals surface area contributed by atoms with Crippen LogP contribution in [-0.2, 0) is 11.3 Å². The fourth-order valence-electron chi connectivity index (χ4n) is 2.98. The highest BCUT2D eigenvalue weighted by Gasteiger charge is 2.36. The van der Waals surface area contributed by atoms with Crippen molar-refractivity contribution >= 4 is 5.91 Å². The molecule has 1 aliphatic carbocycles. The number of nitrogens with one attached hydrogen (secondary N) is 1. The van der Waals surface area contributed by atoms with E-state index in [4.69, 9.17) is 0 Å². The molecule has 1 aromatic rings. The summed E-state index contributed by atoms with van der Waals surface area (Å²) in [5.74, 6) is 1.25. The molecule has 1 saturated carbocycles. The standard InChI is InChI=1S/C16H23N3O/c1-12-11-19(16(20)13-5-6-13)9-7-15(12)18-10-14-4-2-3-8-17-14/h2-4,8,12-13,15,18H,5-7,9-11H2,1H3. The van der Waals surface area contributed by atoms with Crippen LogP contribution < -0.4 is 5.32 Å². The van der Waals surface area contributed by atoms with Crippen LogP contribution in [0.15, 0.2) is 24.4 Å². The third-order valence-electron chi connectivity index (χ3n) is 4.42. The summed E-state index contributed by atoms with van der Waals surface area (Å²) in [5, 5.41) is 3.59. The second-order valence-corrected chi connectivity index (χ2v) is 6.13. The van der Waals surface area contributed by atoms with E-state index >= 15 is 0 Å². The van der Waals surface area contributed by atoms with Gasteiger partial charge in [-0.3, -0.25) is 9.78 Å². The second kappa shape index (κ2) is 5.92. The van der Waals surface area contributed by atoms with Crippen LogP contribution in [0.2, 0.25) is 0 Å². The van der Waals surface area contributed by atoms with Gasteiger partial charge in [-0.25, -0.2) is 0 Å². The molecule has 20 heavy (non-hydrogen) atoms. The average molecular weight is 273 g/mol. The van der Waals surface area contributed by atoms with Gasteiger partial charge in [0.2, 0.25) is 5.91 Å². The van der Waals surface area contributed by atoms with Gasteiger partial charge in [-0.15, -0.1) is 0 Å². The van der Waals surface area contributed by atoms with E-state index < -0.39 is 0 Å². The van der Waals surface area contributed by atoms with Crippen molar-refractivity contribution in [1.82, 2.24) is 15.2 Å². The quantitative estimate of drug-likeness (QED) is 0.910. The highest BCUT2D eigenvalue weighted by atomic mass is 16.2. The van der Waals surface area contributed by atoms with Crippen LogP contribution >= 0.6 is 0 Å². The molecule has 1 N–H and O–H groups in total. The Bertz CT molecular complexity index is 458. The van der Waals surface area contributed by atoms with Gasteiger partial charge in [0.05, 0.1) is 5.69 Å². The van der Waals surface area contributed by atoms with E-state index in [2.05, 4.69) is 22.1 Å². The molecule has 2 unspecified atom stereocenters. The Labute approximate surface area is 120 Å². The Morgan fingerprint density at radius 1 is 1.40 bits per heavy atom. The van der Waals surface area contributed by atoms with Crippen LogP contribution in [-0.4, -0.2) is 34.9 Å². The van der Waals surface area contributed by atoms with E-state index in [-0.39, 0.29) is 0 Å². The van der Waals surface area contributed by atoms with Gasteiger partial charge in [-0.05, 0) is 37.3 Å². The number of piperidine rings is 1. The number of carbonyl (C=O) groups excluding carboxylic acids is 1. The Morgan fingerprint density at radius 3 is 2.90 bits per heavy atom. The third-order valence-corrected chi connectivity index (χ3v) is 4.42. The van der Waals surface area contributed by atoms with Crippen molar-refractivity contribution in [2.45, 2.75) is 38.8 Å². The molecule has 108 valence electrons. The molecular weight excluding hydrogens is 250 g/mol. The lowest BCUT2D eigenvalue weighted by atomic mass is 9.93. The first kappa shape index (κ1) is 13.6. The maximum Gasteiger partial charge on any atom is 0.225 e. The summed E-state index contributed by atoms with van der Waals surface area (Å²) in [6.07, 6.45) is 5.08. The minimum Gasteiger partial charge on any atom is -0.342 e. The van der Waals surface area contributed by atoms with Crippen molar-refractivity contribution in [3.63, 3.8) is 0 Å². The average Bonchev–Trinajstić information content (AvgIpc) is 3.31. The molecule has 0 radical (unpaired) electrons.